The molecule has 2 heterocycles. The number of aromatic carboxylic acids is 1. The van der Waals surface area contributed by atoms with Gasteiger partial charge in [-0.15, -0.1) is 0 Å². The highest BCUT2D eigenvalue weighted by molar-refractivity contribution is 5.85. The van der Waals surface area contributed by atoms with Crippen molar-refractivity contribution in [3.8, 4) is 5.82 Å². The molecule has 0 spiro atoms. The van der Waals surface area contributed by atoms with E-state index in [1.54, 1.807) is 29.1 Å². The SMILES string of the molecule is O=C([O-])c1ccn(-c2ccccn2)c1. The molecular formula is C10H7N2O2-. The molecule has 0 aliphatic heterocycles. The van der Waals surface area contributed by atoms with Crippen LogP contribution in [0.15, 0.2) is 42.9 Å². The first-order valence-corrected chi connectivity index (χ1v) is 4.08. The molecule has 4 nitrogen and oxygen atoms in total. The van der Waals surface area contributed by atoms with Crippen LogP contribution in [0.5, 0.6) is 0 Å². The first kappa shape index (κ1) is 8.50. The third kappa shape index (κ3) is 1.50. The van der Waals surface area contributed by atoms with Crippen LogP contribution < -0.4 is 5.11 Å². The van der Waals surface area contributed by atoms with Crippen molar-refractivity contribution < 1.29 is 9.90 Å². The first-order valence-electron chi connectivity index (χ1n) is 4.08. The van der Waals surface area contributed by atoms with E-state index in [1.807, 2.05) is 6.07 Å². The van der Waals surface area contributed by atoms with Gasteiger partial charge in [-0.1, -0.05) is 6.07 Å². The molecule has 14 heavy (non-hydrogen) atoms. The molecule has 0 aliphatic carbocycles. The highest BCUT2D eigenvalue weighted by Crippen LogP contribution is 2.06. The number of carbonyl (C=O) groups excluding carboxylic acids is 1. The van der Waals surface area contributed by atoms with Crippen molar-refractivity contribution in [1.29, 1.82) is 0 Å². The zero-order valence-electron chi connectivity index (χ0n) is 7.25. The van der Waals surface area contributed by atoms with E-state index in [4.69, 9.17) is 0 Å². The molecule has 0 saturated carbocycles. The van der Waals surface area contributed by atoms with Crippen LogP contribution in [-0.4, -0.2) is 15.5 Å². The van der Waals surface area contributed by atoms with Gasteiger partial charge in [0, 0.05) is 24.2 Å². The molecule has 0 atom stereocenters. The van der Waals surface area contributed by atoms with E-state index in [9.17, 15) is 9.90 Å². The number of carbonyl (C=O) groups is 1. The molecule has 0 aromatic carbocycles. The second-order valence-electron chi connectivity index (χ2n) is 2.78. The van der Waals surface area contributed by atoms with Crippen molar-refractivity contribution in [2.45, 2.75) is 0 Å². The molecule has 0 saturated heterocycles. The summed E-state index contributed by atoms with van der Waals surface area (Å²) in [6, 6.07) is 6.90. The summed E-state index contributed by atoms with van der Waals surface area (Å²) < 4.78 is 1.63. The number of nitrogens with zero attached hydrogens (tertiary/aromatic N) is 2. The lowest BCUT2D eigenvalue weighted by atomic mass is 10.4. The van der Waals surface area contributed by atoms with Gasteiger partial charge in [-0.25, -0.2) is 4.98 Å². The molecule has 2 rings (SSSR count). The number of hydrogen-bond acceptors (Lipinski definition) is 3. The molecule has 0 fully saturated rings. The van der Waals surface area contributed by atoms with Crippen LogP contribution in [0, 0.1) is 0 Å². The largest absolute Gasteiger partial charge is 0.545 e. The summed E-state index contributed by atoms with van der Waals surface area (Å²) in [5.74, 6) is -0.500. The van der Waals surface area contributed by atoms with Gasteiger partial charge in [0.05, 0.1) is 5.97 Å². The Kier molecular flexibility index (Phi) is 2.02. The van der Waals surface area contributed by atoms with Gasteiger partial charge in [-0.05, 0) is 18.2 Å². The van der Waals surface area contributed by atoms with Gasteiger partial charge in [-0.3, -0.25) is 0 Å². The average molecular weight is 187 g/mol. The van der Waals surface area contributed by atoms with Crippen molar-refractivity contribution in [2.75, 3.05) is 0 Å². The molecule has 0 radical (unpaired) electrons. The topological polar surface area (TPSA) is 57.9 Å². The minimum Gasteiger partial charge on any atom is -0.545 e. The molecule has 70 valence electrons. The van der Waals surface area contributed by atoms with Gasteiger partial charge in [0.1, 0.15) is 5.82 Å². The van der Waals surface area contributed by atoms with E-state index >= 15 is 0 Å². The van der Waals surface area contributed by atoms with Gasteiger partial charge in [-0.2, -0.15) is 0 Å². The Labute approximate surface area is 80.4 Å². The minimum atomic E-state index is -1.18. The zero-order valence-corrected chi connectivity index (χ0v) is 7.25. The van der Waals surface area contributed by atoms with Crippen molar-refractivity contribution in [2.24, 2.45) is 0 Å². The van der Waals surface area contributed by atoms with Crippen LogP contribution in [0.25, 0.3) is 5.82 Å². The van der Waals surface area contributed by atoms with Gasteiger partial charge < -0.3 is 14.5 Å². The first-order chi connectivity index (χ1) is 6.77. The summed E-state index contributed by atoms with van der Waals surface area (Å²) in [6.07, 6.45) is 4.75. The van der Waals surface area contributed by atoms with Crippen LogP contribution in [-0.2, 0) is 0 Å². The highest BCUT2D eigenvalue weighted by Gasteiger charge is 1.99. The summed E-state index contributed by atoms with van der Waals surface area (Å²) in [4.78, 5) is 14.6. The van der Waals surface area contributed by atoms with Crippen molar-refractivity contribution in [3.63, 3.8) is 0 Å². The summed E-state index contributed by atoms with van der Waals surface area (Å²) in [5.41, 5.74) is 0.149. The van der Waals surface area contributed by atoms with Crippen LogP contribution in [0.1, 0.15) is 10.4 Å². The summed E-state index contributed by atoms with van der Waals surface area (Å²) in [5, 5.41) is 10.5. The predicted octanol–water partition coefficient (Wildman–Crippen LogP) is 0.236. The van der Waals surface area contributed by atoms with E-state index < -0.39 is 5.97 Å². The van der Waals surface area contributed by atoms with Crippen LogP contribution in [0.3, 0.4) is 0 Å². The summed E-state index contributed by atoms with van der Waals surface area (Å²) >= 11 is 0. The van der Waals surface area contributed by atoms with Gasteiger partial charge in [0.15, 0.2) is 0 Å². The zero-order chi connectivity index (χ0) is 9.97. The Morgan fingerprint density at radius 2 is 2.21 bits per heavy atom. The fraction of sp³-hybridized carbons (Fsp3) is 0. The van der Waals surface area contributed by atoms with E-state index in [0.717, 1.165) is 0 Å². The van der Waals surface area contributed by atoms with Gasteiger partial charge >= 0.3 is 0 Å². The molecular weight excluding hydrogens is 180 g/mol. The quantitative estimate of drug-likeness (QED) is 0.676. The lowest BCUT2D eigenvalue weighted by molar-refractivity contribution is -0.255. The van der Waals surface area contributed by atoms with Gasteiger partial charge in [0.2, 0.25) is 0 Å². The number of hydrogen-bond donors (Lipinski definition) is 0. The Bertz CT molecular complexity index is 448. The second-order valence-corrected chi connectivity index (χ2v) is 2.78. The molecule has 2 aromatic heterocycles. The van der Waals surface area contributed by atoms with E-state index in [1.165, 1.54) is 12.3 Å². The standard InChI is InChI=1S/C10H8N2O2/c13-10(14)8-4-6-12(7-8)9-3-1-2-5-11-9/h1-7H,(H,13,14)/p-1. The van der Waals surface area contributed by atoms with E-state index in [-0.39, 0.29) is 5.56 Å². The van der Waals surface area contributed by atoms with Crippen molar-refractivity contribution in [1.82, 2.24) is 9.55 Å². The maximum atomic E-state index is 10.5. The third-order valence-corrected chi connectivity index (χ3v) is 1.84. The molecule has 0 N–H and O–H groups in total. The minimum absolute atomic E-state index is 0.149. The van der Waals surface area contributed by atoms with Gasteiger partial charge in [0.25, 0.3) is 0 Å². The van der Waals surface area contributed by atoms with E-state index in [0.29, 0.717) is 5.82 Å². The molecule has 2 aromatic rings. The number of pyridine rings is 1. The monoisotopic (exact) mass is 187 g/mol. The van der Waals surface area contributed by atoms with Crippen LogP contribution in [0.4, 0.5) is 0 Å². The smallest absolute Gasteiger partial charge is 0.136 e. The lowest BCUT2D eigenvalue weighted by Crippen LogP contribution is -2.21. The summed E-state index contributed by atoms with van der Waals surface area (Å²) in [6.45, 7) is 0. The normalized spacial score (nSPS) is 10.0. The second kappa shape index (κ2) is 3.33. The lowest BCUT2D eigenvalue weighted by Gasteiger charge is -2.00. The Balaban J connectivity index is 2.39. The summed E-state index contributed by atoms with van der Waals surface area (Å²) in [7, 11) is 0. The van der Waals surface area contributed by atoms with Crippen LogP contribution >= 0.6 is 0 Å². The fourth-order valence-corrected chi connectivity index (χ4v) is 1.17. The Morgan fingerprint density at radius 3 is 2.79 bits per heavy atom. The molecule has 0 aliphatic rings. The van der Waals surface area contributed by atoms with E-state index in [2.05, 4.69) is 4.98 Å². The highest BCUT2D eigenvalue weighted by atomic mass is 16.4. The maximum absolute atomic E-state index is 10.5. The molecule has 4 heteroatoms. The molecule has 0 bridgehead atoms. The maximum Gasteiger partial charge on any atom is 0.136 e. The van der Waals surface area contributed by atoms with Crippen molar-refractivity contribution in [3.05, 3.63) is 48.4 Å². The third-order valence-electron chi connectivity index (χ3n) is 1.84. The predicted molar refractivity (Wildman–Crippen MR) is 47.9 cm³/mol. The van der Waals surface area contributed by atoms with Crippen LogP contribution in [0.2, 0.25) is 0 Å². The fourth-order valence-electron chi connectivity index (χ4n) is 1.17. The average Bonchev–Trinajstić information content (AvgIpc) is 2.68. The molecule has 0 amide bonds. The number of carboxylic acid groups (broad SMARTS) is 1. The Hall–Kier alpha value is -2.10. The number of rotatable bonds is 2. The number of aromatic nitrogens is 2. The number of carboxylic acids is 1. The Morgan fingerprint density at radius 1 is 1.36 bits per heavy atom. The molecule has 0 unspecified atom stereocenters. The van der Waals surface area contributed by atoms with Crippen molar-refractivity contribution >= 4 is 5.97 Å².